The SMILES string of the molecule is CC(C)c1ccc(C#N)c(N2CC(C)(C)[C@@](C)(O)C2)n1. The smallest absolute Gasteiger partial charge is 0.146 e. The number of β-amino-alcohol motifs (C(OH)–C–C–N with tert-alkyl or cyclic N) is 1. The summed E-state index contributed by atoms with van der Waals surface area (Å²) in [5.74, 6) is 1.02. The third-order valence-corrected chi connectivity index (χ3v) is 4.45. The standard InChI is InChI=1S/C16H23N3O/c1-11(2)13-7-6-12(8-17)14(18-13)19-9-15(3,4)16(5,20)10-19/h6-7,11,20H,9-10H2,1-5H3/t16-/m0/s1. The highest BCUT2D eigenvalue weighted by molar-refractivity contribution is 5.56. The summed E-state index contributed by atoms with van der Waals surface area (Å²) in [6, 6.07) is 5.95. The van der Waals surface area contributed by atoms with E-state index in [4.69, 9.17) is 0 Å². The first-order valence-electron chi connectivity index (χ1n) is 7.06. The molecule has 108 valence electrons. The average molecular weight is 273 g/mol. The maximum atomic E-state index is 10.5. The molecule has 4 nitrogen and oxygen atoms in total. The van der Waals surface area contributed by atoms with Crippen molar-refractivity contribution in [2.24, 2.45) is 5.41 Å². The Labute approximate surface area is 121 Å². The van der Waals surface area contributed by atoms with E-state index < -0.39 is 5.60 Å². The van der Waals surface area contributed by atoms with Gasteiger partial charge in [-0.25, -0.2) is 4.98 Å². The predicted molar refractivity (Wildman–Crippen MR) is 79.7 cm³/mol. The summed E-state index contributed by atoms with van der Waals surface area (Å²) < 4.78 is 0. The lowest BCUT2D eigenvalue weighted by atomic mass is 9.79. The van der Waals surface area contributed by atoms with E-state index in [2.05, 4.69) is 24.9 Å². The molecule has 0 spiro atoms. The molecular weight excluding hydrogens is 250 g/mol. The van der Waals surface area contributed by atoms with Crippen LogP contribution in [0.15, 0.2) is 12.1 Å². The Hall–Kier alpha value is -1.60. The van der Waals surface area contributed by atoms with Gasteiger partial charge in [0.05, 0.1) is 11.2 Å². The first-order valence-corrected chi connectivity index (χ1v) is 7.06. The van der Waals surface area contributed by atoms with Gasteiger partial charge in [0.2, 0.25) is 0 Å². The van der Waals surface area contributed by atoms with E-state index in [0.29, 0.717) is 30.4 Å². The Morgan fingerprint density at radius 1 is 1.30 bits per heavy atom. The van der Waals surface area contributed by atoms with Gasteiger partial charge in [-0.05, 0) is 25.0 Å². The maximum Gasteiger partial charge on any atom is 0.146 e. The van der Waals surface area contributed by atoms with E-state index in [1.165, 1.54) is 0 Å². The van der Waals surface area contributed by atoms with Crippen LogP contribution in [0.4, 0.5) is 5.82 Å². The van der Waals surface area contributed by atoms with Crippen LogP contribution in [0.1, 0.15) is 51.8 Å². The molecule has 1 atom stereocenters. The minimum Gasteiger partial charge on any atom is -0.388 e. The van der Waals surface area contributed by atoms with Gasteiger partial charge in [0.15, 0.2) is 0 Å². The molecule has 4 heteroatoms. The zero-order valence-corrected chi connectivity index (χ0v) is 12.9. The lowest BCUT2D eigenvalue weighted by Gasteiger charge is -2.30. The molecule has 2 heterocycles. The van der Waals surface area contributed by atoms with Gasteiger partial charge in [0.25, 0.3) is 0 Å². The molecule has 1 aliphatic rings. The normalized spacial score (nSPS) is 25.0. The van der Waals surface area contributed by atoms with E-state index in [-0.39, 0.29) is 5.41 Å². The zero-order valence-electron chi connectivity index (χ0n) is 12.9. The second kappa shape index (κ2) is 4.75. The van der Waals surface area contributed by atoms with Crippen molar-refractivity contribution in [2.75, 3.05) is 18.0 Å². The molecule has 1 N–H and O–H groups in total. The van der Waals surface area contributed by atoms with Gasteiger partial charge in [0.1, 0.15) is 11.9 Å². The Balaban J connectivity index is 2.43. The summed E-state index contributed by atoms with van der Waals surface area (Å²) in [5, 5.41) is 19.8. The van der Waals surface area contributed by atoms with Crippen LogP contribution in [0, 0.1) is 16.7 Å². The van der Waals surface area contributed by atoms with Crippen molar-refractivity contribution in [3.63, 3.8) is 0 Å². The second-order valence-corrected chi connectivity index (χ2v) is 6.89. The zero-order chi connectivity index (χ0) is 15.1. The third kappa shape index (κ3) is 2.38. The molecule has 0 saturated carbocycles. The van der Waals surface area contributed by atoms with Crippen LogP contribution >= 0.6 is 0 Å². The van der Waals surface area contributed by atoms with Crippen molar-refractivity contribution in [1.29, 1.82) is 5.26 Å². The van der Waals surface area contributed by atoms with Crippen molar-refractivity contribution in [3.05, 3.63) is 23.4 Å². The summed E-state index contributed by atoms with van der Waals surface area (Å²) in [7, 11) is 0. The Morgan fingerprint density at radius 2 is 1.95 bits per heavy atom. The van der Waals surface area contributed by atoms with Crippen molar-refractivity contribution < 1.29 is 5.11 Å². The van der Waals surface area contributed by atoms with Gasteiger partial charge in [-0.1, -0.05) is 27.7 Å². The third-order valence-electron chi connectivity index (χ3n) is 4.45. The fraction of sp³-hybridized carbons (Fsp3) is 0.625. The van der Waals surface area contributed by atoms with E-state index in [1.807, 2.05) is 37.8 Å². The summed E-state index contributed by atoms with van der Waals surface area (Å²) in [4.78, 5) is 6.68. The van der Waals surface area contributed by atoms with E-state index in [1.54, 1.807) is 0 Å². The first-order chi connectivity index (χ1) is 9.18. The number of hydrogen-bond donors (Lipinski definition) is 1. The number of anilines is 1. The molecule has 1 aliphatic heterocycles. The Morgan fingerprint density at radius 3 is 2.40 bits per heavy atom. The van der Waals surface area contributed by atoms with Crippen LogP contribution in [-0.4, -0.2) is 28.8 Å². The summed E-state index contributed by atoms with van der Waals surface area (Å²) in [5.41, 5.74) is 0.538. The summed E-state index contributed by atoms with van der Waals surface area (Å²) in [6.45, 7) is 11.3. The highest BCUT2D eigenvalue weighted by Gasteiger charge is 2.48. The molecule has 0 radical (unpaired) electrons. The van der Waals surface area contributed by atoms with E-state index >= 15 is 0 Å². The van der Waals surface area contributed by atoms with E-state index in [0.717, 1.165) is 5.69 Å². The largest absolute Gasteiger partial charge is 0.388 e. The highest BCUT2D eigenvalue weighted by Crippen LogP contribution is 2.40. The predicted octanol–water partition coefficient (Wildman–Crippen LogP) is 2.67. The van der Waals surface area contributed by atoms with Crippen molar-refractivity contribution in [3.8, 4) is 6.07 Å². The van der Waals surface area contributed by atoms with Crippen LogP contribution in [0.2, 0.25) is 0 Å². The van der Waals surface area contributed by atoms with Crippen molar-refractivity contribution >= 4 is 5.82 Å². The number of pyridine rings is 1. The average Bonchev–Trinajstić information content (AvgIpc) is 2.57. The lowest BCUT2D eigenvalue weighted by Crippen LogP contribution is -2.40. The van der Waals surface area contributed by atoms with Crippen molar-refractivity contribution in [1.82, 2.24) is 4.98 Å². The first kappa shape index (κ1) is 14.8. The molecule has 1 fully saturated rings. The van der Waals surface area contributed by atoms with Gasteiger partial charge in [-0.2, -0.15) is 5.26 Å². The molecule has 1 aromatic rings. The Bertz CT molecular complexity index is 539. The van der Waals surface area contributed by atoms with Gasteiger partial charge in [0, 0.05) is 24.2 Å². The number of aromatic nitrogens is 1. The fourth-order valence-corrected chi connectivity index (χ4v) is 2.55. The van der Waals surface area contributed by atoms with Crippen LogP contribution in [0.5, 0.6) is 0 Å². The monoisotopic (exact) mass is 273 g/mol. The number of aliphatic hydroxyl groups is 1. The summed E-state index contributed by atoms with van der Waals surface area (Å²) in [6.07, 6.45) is 0. The molecule has 20 heavy (non-hydrogen) atoms. The molecular formula is C16H23N3O. The molecule has 1 saturated heterocycles. The molecule has 0 amide bonds. The highest BCUT2D eigenvalue weighted by atomic mass is 16.3. The minimum atomic E-state index is -0.782. The van der Waals surface area contributed by atoms with Crippen LogP contribution < -0.4 is 4.90 Å². The van der Waals surface area contributed by atoms with Gasteiger partial charge in [-0.15, -0.1) is 0 Å². The molecule has 0 bridgehead atoms. The maximum absolute atomic E-state index is 10.5. The quantitative estimate of drug-likeness (QED) is 0.900. The lowest BCUT2D eigenvalue weighted by molar-refractivity contribution is -0.00891. The molecule has 0 aromatic carbocycles. The Kier molecular flexibility index (Phi) is 3.51. The van der Waals surface area contributed by atoms with Gasteiger partial charge < -0.3 is 10.0 Å². The van der Waals surface area contributed by atoms with Crippen LogP contribution in [0.3, 0.4) is 0 Å². The number of hydrogen-bond acceptors (Lipinski definition) is 4. The molecule has 2 rings (SSSR count). The molecule has 0 aliphatic carbocycles. The number of rotatable bonds is 2. The number of nitrogens with zero attached hydrogens (tertiary/aromatic N) is 3. The van der Waals surface area contributed by atoms with Crippen molar-refractivity contribution in [2.45, 2.75) is 46.1 Å². The molecule has 1 aromatic heterocycles. The minimum absolute atomic E-state index is 0.227. The van der Waals surface area contributed by atoms with Crippen LogP contribution in [0.25, 0.3) is 0 Å². The molecule has 0 unspecified atom stereocenters. The van der Waals surface area contributed by atoms with Gasteiger partial charge in [-0.3, -0.25) is 0 Å². The topological polar surface area (TPSA) is 60.2 Å². The number of nitriles is 1. The van der Waals surface area contributed by atoms with Gasteiger partial charge >= 0.3 is 0 Å². The van der Waals surface area contributed by atoms with E-state index in [9.17, 15) is 10.4 Å². The summed E-state index contributed by atoms with van der Waals surface area (Å²) >= 11 is 0. The van der Waals surface area contributed by atoms with Crippen LogP contribution in [-0.2, 0) is 0 Å². The fourth-order valence-electron chi connectivity index (χ4n) is 2.55. The second-order valence-electron chi connectivity index (χ2n) is 6.89.